The van der Waals surface area contributed by atoms with Crippen LogP contribution in [0.2, 0.25) is 0 Å². The van der Waals surface area contributed by atoms with Gasteiger partial charge in [-0.1, -0.05) is 0 Å². The molecule has 0 N–H and O–H groups in total. The number of carbonyl (C=O) groups excluding carboxylic acids is 1. The van der Waals surface area contributed by atoms with Crippen molar-refractivity contribution in [3.63, 3.8) is 0 Å². The first-order valence-corrected chi connectivity index (χ1v) is 4.77. The van der Waals surface area contributed by atoms with E-state index in [1.165, 1.54) is 31.4 Å². The van der Waals surface area contributed by atoms with Gasteiger partial charge in [0.15, 0.2) is 5.78 Å². The topological polar surface area (TPSA) is 29.5 Å². The summed E-state index contributed by atoms with van der Waals surface area (Å²) in [6.07, 6.45) is 3.04. The van der Waals surface area contributed by atoms with Gasteiger partial charge in [-0.3, -0.25) is 4.79 Å². The summed E-state index contributed by atoms with van der Waals surface area (Å²) in [5.41, 5.74) is 0.349. The maximum atomic E-state index is 12.9. The Bertz CT molecular complexity index is 413. The number of allylic oxidation sites excluding steroid dienone is 1. The molecule has 0 aliphatic heterocycles. The van der Waals surface area contributed by atoms with Gasteiger partial charge in [-0.2, -0.15) is 0 Å². The van der Waals surface area contributed by atoms with E-state index >= 15 is 0 Å². The van der Waals surface area contributed by atoms with E-state index in [1.54, 1.807) is 11.1 Å². The van der Waals surface area contributed by atoms with Crippen molar-refractivity contribution in [2.75, 3.05) is 21.2 Å². The van der Waals surface area contributed by atoms with Gasteiger partial charge < -0.3 is 9.64 Å². The maximum absolute atomic E-state index is 12.9. The van der Waals surface area contributed by atoms with Crippen molar-refractivity contribution in [2.24, 2.45) is 0 Å². The predicted molar refractivity (Wildman–Crippen MR) is 60.1 cm³/mol. The van der Waals surface area contributed by atoms with Gasteiger partial charge >= 0.3 is 0 Å². The Kier molecular flexibility index (Phi) is 4.05. The van der Waals surface area contributed by atoms with E-state index in [4.69, 9.17) is 4.74 Å². The summed E-state index contributed by atoms with van der Waals surface area (Å²) in [6, 6.07) is 3.84. The Morgan fingerprint density at radius 3 is 2.69 bits per heavy atom. The Morgan fingerprint density at radius 2 is 2.12 bits per heavy atom. The van der Waals surface area contributed by atoms with Crippen LogP contribution in [0.3, 0.4) is 0 Å². The van der Waals surface area contributed by atoms with Crippen LogP contribution in [-0.2, 0) is 0 Å². The third kappa shape index (κ3) is 3.08. The molecule has 0 bridgehead atoms. The zero-order valence-electron chi connectivity index (χ0n) is 9.53. The largest absolute Gasteiger partial charge is 0.496 e. The minimum Gasteiger partial charge on any atom is -0.496 e. The molecule has 1 aromatic carbocycles. The van der Waals surface area contributed by atoms with E-state index in [0.717, 1.165) is 0 Å². The SMILES string of the molecule is COc1cc(F)ccc1C(=O)/C=C/N(C)C. The van der Waals surface area contributed by atoms with Crippen LogP contribution in [0.4, 0.5) is 4.39 Å². The normalized spacial score (nSPS) is 10.5. The van der Waals surface area contributed by atoms with Crippen molar-refractivity contribution >= 4 is 5.78 Å². The van der Waals surface area contributed by atoms with Crippen LogP contribution in [0.25, 0.3) is 0 Å². The number of ketones is 1. The first kappa shape index (κ1) is 12.2. The van der Waals surface area contributed by atoms with Crippen molar-refractivity contribution in [1.82, 2.24) is 4.90 Å². The molecule has 3 nitrogen and oxygen atoms in total. The van der Waals surface area contributed by atoms with E-state index in [9.17, 15) is 9.18 Å². The average molecular weight is 223 g/mol. The third-order valence-electron chi connectivity index (χ3n) is 1.95. The number of nitrogens with zero attached hydrogens (tertiary/aromatic N) is 1. The standard InChI is InChI=1S/C12H14FNO2/c1-14(2)7-6-11(15)10-5-4-9(13)8-12(10)16-3/h4-8H,1-3H3/b7-6+. The predicted octanol–water partition coefficient (Wildman–Crippen LogP) is 2.09. The van der Waals surface area contributed by atoms with Gasteiger partial charge in [-0.15, -0.1) is 0 Å². The number of halogens is 1. The van der Waals surface area contributed by atoms with Crippen LogP contribution >= 0.6 is 0 Å². The zero-order chi connectivity index (χ0) is 12.1. The fourth-order valence-electron chi connectivity index (χ4n) is 1.18. The molecule has 0 heterocycles. The molecule has 0 fully saturated rings. The van der Waals surface area contributed by atoms with Gasteiger partial charge in [0.05, 0.1) is 12.7 Å². The number of rotatable bonds is 4. The first-order valence-electron chi connectivity index (χ1n) is 4.77. The molecule has 1 aromatic rings. The van der Waals surface area contributed by atoms with Crippen LogP contribution in [0.5, 0.6) is 5.75 Å². The van der Waals surface area contributed by atoms with Crippen LogP contribution in [-0.4, -0.2) is 31.9 Å². The summed E-state index contributed by atoms with van der Waals surface area (Å²) < 4.78 is 17.8. The molecule has 16 heavy (non-hydrogen) atoms. The number of hydrogen-bond acceptors (Lipinski definition) is 3. The lowest BCUT2D eigenvalue weighted by atomic mass is 10.1. The van der Waals surface area contributed by atoms with Crippen molar-refractivity contribution in [3.05, 3.63) is 41.9 Å². The van der Waals surface area contributed by atoms with Crippen molar-refractivity contribution in [1.29, 1.82) is 0 Å². The molecule has 0 saturated heterocycles. The molecule has 0 atom stereocenters. The smallest absolute Gasteiger partial charge is 0.191 e. The molecule has 0 aliphatic carbocycles. The van der Waals surface area contributed by atoms with Crippen molar-refractivity contribution in [2.45, 2.75) is 0 Å². The number of carbonyl (C=O) groups is 1. The van der Waals surface area contributed by atoms with Crippen LogP contribution < -0.4 is 4.74 Å². The minimum atomic E-state index is -0.426. The molecule has 1 rings (SSSR count). The second-order valence-corrected chi connectivity index (χ2v) is 3.49. The molecule has 0 spiro atoms. The van der Waals surface area contributed by atoms with Crippen LogP contribution in [0, 0.1) is 5.82 Å². The molecule has 86 valence electrons. The fourth-order valence-corrected chi connectivity index (χ4v) is 1.18. The molecule has 0 radical (unpaired) electrons. The van der Waals surface area contributed by atoms with Gasteiger partial charge in [-0.25, -0.2) is 4.39 Å². The van der Waals surface area contributed by atoms with Gasteiger partial charge in [0.2, 0.25) is 0 Å². The van der Waals surface area contributed by atoms with E-state index in [0.29, 0.717) is 5.56 Å². The zero-order valence-corrected chi connectivity index (χ0v) is 9.53. The molecule has 4 heteroatoms. The highest BCUT2D eigenvalue weighted by Crippen LogP contribution is 2.20. The fraction of sp³-hybridized carbons (Fsp3) is 0.250. The van der Waals surface area contributed by atoms with Gasteiger partial charge in [-0.05, 0) is 12.1 Å². The van der Waals surface area contributed by atoms with E-state index in [1.807, 2.05) is 14.1 Å². The summed E-state index contributed by atoms with van der Waals surface area (Å²) in [5.74, 6) is -0.399. The Balaban J connectivity index is 2.99. The summed E-state index contributed by atoms with van der Waals surface area (Å²) >= 11 is 0. The third-order valence-corrected chi connectivity index (χ3v) is 1.95. The van der Waals surface area contributed by atoms with Crippen molar-refractivity contribution < 1.29 is 13.9 Å². The molecule has 0 unspecified atom stereocenters. The highest BCUT2D eigenvalue weighted by molar-refractivity contribution is 6.06. The van der Waals surface area contributed by atoms with Crippen molar-refractivity contribution in [3.8, 4) is 5.75 Å². The van der Waals surface area contributed by atoms with E-state index < -0.39 is 5.82 Å². The molecule has 0 saturated carbocycles. The lowest BCUT2D eigenvalue weighted by Crippen LogP contribution is -2.04. The maximum Gasteiger partial charge on any atom is 0.191 e. The Hall–Kier alpha value is -1.84. The monoisotopic (exact) mass is 223 g/mol. The number of benzene rings is 1. The lowest BCUT2D eigenvalue weighted by molar-refractivity contribution is 0.104. The average Bonchev–Trinajstić information content (AvgIpc) is 2.25. The summed E-state index contributed by atoms with van der Waals surface area (Å²) in [5, 5.41) is 0. The van der Waals surface area contributed by atoms with E-state index in [2.05, 4.69) is 0 Å². The first-order chi connectivity index (χ1) is 7.54. The van der Waals surface area contributed by atoms with Gasteiger partial charge in [0, 0.05) is 32.4 Å². The molecule has 0 amide bonds. The van der Waals surface area contributed by atoms with Crippen LogP contribution in [0.15, 0.2) is 30.5 Å². The second kappa shape index (κ2) is 5.30. The number of hydrogen-bond donors (Lipinski definition) is 0. The quantitative estimate of drug-likeness (QED) is 0.578. The molecular weight excluding hydrogens is 209 g/mol. The van der Waals surface area contributed by atoms with E-state index in [-0.39, 0.29) is 11.5 Å². The Labute approximate surface area is 94.1 Å². The number of methoxy groups -OCH3 is 1. The van der Waals surface area contributed by atoms with Gasteiger partial charge in [0.25, 0.3) is 0 Å². The molecular formula is C12H14FNO2. The molecule has 0 aliphatic rings. The minimum absolute atomic E-state index is 0.217. The number of ether oxygens (including phenoxy) is 1. The summed E-state index contributed by atoms with van der Waals surface area (Å²) in [6.45, 7) is 0. The second-order valence-electron chi connectivity index (χ2n) is 3.49. The Morgan fingerprint density at radius 1 is 1.44 bits per heavy atom. The highest BCUT2D eigenvalue weighted by atomic mass is 19.1. The lowest BCUT2D eigenvalue weighted by Gasteiger charge is -2.06. The summed E-state index contributed by atoms with van der Waals surface area (Å²) in [7, 11) is 5.03. The van der Waals surface area contributed by atoms with Gasteiger partial charge in [0.1, 0.15) is 11.6 Å². The summed E-state index contributed by atoms with van der Waals surface area (Å²) in [4.78, 5) is 13.5. The highest BCUT2D eigenvalue weighted by Gasteiger charge is 2.10. The van der Waals surface area contributed by atoms with Crippen LogP contribution in [0.1, 0.15) is 10.4 Å². The molecule has 0 aromatic heterocycles.